The maximum absolute atomic E-state index is 5.53. The van der Waals surface area contributed by atoms with Crippen LogP contribution < -0.4 is 9.47 Å². The van der Waals surface area contributed by atoms with Gasteiger partial charge in [-0.15, -0.1) is 0 Å². The van der Waals surface area contributed by atoms with Gasteiger partial charge in [-0.05, 0) is 30.0 Å². The molecule has 1 heterocycles. The fourth-order valence-electron chi connectivity index (χ4n) is 1.60. The molecule has 2 nitrogen and oxygen atoms in total. The van der Waals surface area contributed by atoms with Gasteiger partial charge >= 0.3 is 0 Å². The fourth-order valence-corrected chi connectivity index (χ4v) is 1.60. The van der Waals surface area contributed by atoms with Crippen molar-refractivity contribution in [1.82, 2.24) is 0 Å². The molecule has 14 heavy (non-hydrogen) atoms. The van der Waals surface area contributed by atoms with E-state index < -0.39 is 0 Å². The van der Waals surface area contributed by atoms with E-state index in [1.54, 1.807) is 0 Å². The molecule has 0 spiro atoms. The third-order valence-electron chi connectivity index (χ3n) is 2.75. The number of rotatable bonds is 2. The maximum Gasteiger partial charge on any atom is 0.161 e. The van der Waals surface area contributed by atoms with Gasteiger partial charge in [0, 0.05) is 0 Å². The van der Waals surface area contributed by atoms with Gasteiger partial charge in [-0.25, -0.2) is 0 Å². The van der Waals surface area contributed by atoms with Crippen molar-refractivity contribution in [2.24, 2.45) is 0 Å². The molecule has 1 aromatic rings. The monoisotopic (exact) mass is 192 g/mol. The Morgan fingerprint density at radius 3 is 2.64 bits per heavy atom. The molecule has 0 fully saturated rings. The average molecular weight is 192 g/mol. The first-order valence-corrected chi connectivity index (χ1v) is 5.21. The Morgan fingerprint density at radius 2 is 1.93 bits per heavy atom. The zero-order chi connectivity index (χ0) is 9.97. The van der Waals surface area contributed by atoms with Gasteiger partial charge < -0.3 is 9.47 Å². The van der Waals surface area contributed by atoms with E-state index in [-0.39, 0.29) is 0 Å². The molecular formula is C12H16O2. The lowest BCUT2D eigenvalue weighted by Gasteiger charge is -2.20. The molecule has 0 N–H and O–H groups in total. The van der Waals surface area contributed by atoms with Crippen LogP contribution in [0.25, 0.3) is 0 Å². The Morgan fingerprint density at radius 1 is 1.21 bits per heavy atom. The summed E-state index contributed by atoms with van der Waals surface area (Å²) >= 11 is 0. The molecule has 0 amide bonds. The second-order valence-corrected chi connectivity index (χ2v) is 3.71. The molecule has 1 unspecified atom stereocenters. The van der Waals surface area contributed by atoms with E-state index in [1.807, 2.05) is 6.07 Å². The lowest BCUT2D eigenvalue weighted by Crippen LogP contribution is -2.15. The van der Waals surface area contributed by atoms with E-state index in [0.717, 1.165) is 17.9 Å². The molecule has 0 saturated heterocycles. The van der Waals surface area contributed by atoms with Crippen LogP contribution in [-0.4, -0.2) is 13.2 Å². The predicted octanol–water partition coefficient (Wildman–Crippen LogP) is 2.97. The summed E-state index contributed by atoms with van der Waals surface area (Å²) in [4.78, 5) is 0. The third kappa shape index (κ3) is 1.69. The lowest BCUT2D eigenvalue weighted by atomic mass is 9.98. The highest BCUT2D eigenvalue weighted by Gasteiger charge is 2.13. The minimum Gasteiger partial charge on any atom is -0.486 e. The van der Waals surface area contributed by atoms with Crippen LogP contribution in [0.2, 0.25) is 0 Å². The SMILES string of the molecule is CCC(C)c1ccc2c(c1)OCCO2. The summed E-state index contributed by atoms with van der Waals surface area (Å²) in [5.41, 5.74) is 1.33. The molecule has 0 aromatic heterocycles. The van der Waals surface area contributed by atoms with Gasteiger partial charge in [0.05, 0.1) is 0 Å². The largest absolute Gasteiger partial charge is 0.486 e. The highest BCUT2D eigenvalue weighted by molar-refractivity contribution is 5.44. The van der Waals surface area contributed by atoms with Crippen LogP contribution in [0.15, 0.2) is 18.2 Å². The number of ether oxygens (including phenoxy) is 2. The van der Waals surface area contributed by atoms with Gasteiger partial charge in [0.25, 0.3) is 0 Å². The van der Waals surface area contributed by atoms with Crippen LogP contribution in [0.3, 0.4) is 0 Å². The van der Waals surface area contributed by atoms with Crippen LogP contribution in [-0.2, 0) is 0 Å². The average Bonchev–Trinajstić information content (AvgIpc) is 2.27. The summed E-state index contributed by atoms with van der Waals surface area (Å²) in [5.74, 6) is 2.36. The van der Waals surface area contributed by atoms with Crippen molar-refractivity contribution in [2.75, 3.05) is 13.2 Å². The quantitative estimate of drug-likeness (QED) is 0.717. The van der Waals surface area contributed by atoms with Crippen molar-refractivity contribution in [1.29, 1.82) is 0 Å². The number of hydrogen-bond acceptors (Lipinski definition) is 2. The molecule has 0 bridgehead atoms. The normalized spacial score (nSPS) is 16.4. The maximum atomic E-state index is 5.53. The first-order chi connectivity index (χ1) is 6.81. The van der Waals surface area contributed by atoms with Gasteiger partial charge in [-0.1, -0.05) is 19.9 Å². The number of fused-ring (bicyclic) bond motifs is 1. The molecule has 76 valence electrons. The summed E-state index contributed by atoms with van der Waals surface area (Å²) in [6.45, 7) is 5.75. The topological polar surface area (TPSA) is 18.5 Å². The molecule has 2 rings (SSSR count). The molecule has 0 saturated carbocycles. The standard InChI is InChI=1S/C12H16O2/c1-3-9(2)10-4-5-11-12(8-10)14-7-6-13-11/h4-5,8-9H,3,6-7H2,1-2H3. The highest BCUT2D eigenvalue weighted by atomic mass is 16.6. The summed E-state index contributed by atoms with van der Waals surface area (Å²) in [6.07, 6.45) is 1.15. The van der Waals surface area contributed by atoms with Crippen LogP contribution in [0.1, 0.15) is 31.7 Å². The second kappa shape index (κ2) is 3.91. The predicted molar refractivity (Wildman–Crippen MR) is 56.1 cm³/mol. The third-order valence-corrected chi connectivity index (χ3v) is 2.75. The van der Waals surface area contributed by atoms with Crippen LogP contribution in [0.4, 0.5) is 0 Å². The fraction of sp³-hybridized carbons (Fsp3) is 0.500. The Balaban J connectivity index is 2.29. The molecule has 1 aromatic carbocycles. The number of hydrogen-bond donors (Lipinski definition) is 0. The van der Waals surface area contributed by atoms with E-state index in [9.17, 15) is 0 Å². The van der Waals surface area contributed by atoms with Gasteiger partial charge in [-0.3, -0.25) is 0 Å². The molecular weight excluding hydrogens is 176 g/mol. The molecule has 2 heteroatoms. The van der Waals surface area contributed by atoms with Gasteiger partial charge in [0.1, 0.15) is 13.2 Å². The van der Waals surface area contributed by atoms with E-state index in [0.29, 0.717) is 19.1 Å². The molecule has 0 aliphatic carbocycles. The van der Waals surface area contributed by atoms with Crippen molar-refractivity contribution >= 4 is 0 Å². The van der Waals surface area contributed by atoms with Crippen LogP contribution in [0.5, 0.6) is 11.5 Å². The summed E-state index contributed by atoms with van der Waals surface area (Å²) in [7, 11) is 0. The van der Waals surface area contributed by atoms with Gasteiger partial charge in [0.15, 0.2) is 11.5 Å². The minimum atomic E-state index is 0.589. The Bertz CT molecular complexity index is 320. The second-order valence-electron chi connectivity index (χ2n) is 3.71. The van der Waals surface area contributed by atoms with Crippen molar-refractivity contribution < 1.29 is 9.47 Å². The van der Waals surface area contributed by atoms with E-state index in [2.05, 4.69) is 26.0 Å². The van der Waals surface area contributed by atoms with Crippen molar-refractivity contribution in [3.63, 3.8) is 0 Å². The highest BCUT2D eigenvalue weighted by Crippen LogP contribution is 2.33. The Labute approximate surface area is 84.8 Å². The van der Waals surface area contributed by atoms with Crippen molar-refractivity contribution in [3.05, 3.63) is 23.8 Å². The van der Waals surface area contributed by atoms with E-state index in [1.165, 1.54) is 5.56 Å². The Hall–Kier alpha value is -1.18. The van der Waals surface area contributed by atoms with Crippen molar-refractivity contribution in [3.8, 4) is 11.5 Å². The van der Waals surface area contributed by atoms with Gasteiger partial charge in [0.2, 0.25) is 0 Å². The van der Waals surface area contributed by atoms with E-state index in [4.69, 9.17) is 9.47 Å². The van der Waals surface area contributed by atoms with Crippen LogP contribution >= 0.6 is 0 Å². The summed E-state index contributed by atoms with van der Waals surface area (Å²) in [6, 6.07) is 6.24. The number of benzene rings is 1. The smallest absolute Gasteiger partial charge is 0.161 e. The van der Waals surface area contributed by atoms with Gasteiger partial charge in [-0.2, -0.15) is 0 Å². The van der Waals surface area contributed by atoms with E-state index >= 15 is 0 Å². The zero-order valence-corrected chi connectivity index (χ0v) is 8.75. The summed E-state index contributed by atoms with van der Waals surface area (Å²) < 4.78 is 11.0. The first-order valence-electron chi connectivity index (χ1n) is 5.21. The van der Waals surface area contributed by atoms with Crippen molar-refractivity contribution in [2.45, 2.75) is 26.2 Å². The Kier molecular flexibility index (Phi) is 2.62. The minimum absolute atomic E-state index is 0.589. The summed E-state index contributed by atoms with van der Waals surface area (Å²) in [5, 5.41) is 0. The zero-order valence-electron chi connectivity index (χ0n) is 8.75. The molecule has 1 atom stereocenters. The molecule has 1 aliphatic heterocycles. The van der Waals surface area contributed by atoms with Crippen LogP contribution in [0, 0.1) is 0 Å². The lowest BCUT2D eigenvalue weighted by molar-refractivity contribution is 0.171. The molecule has 0 radical (unpaired) electrons. The molecule has 1 aliphatic rings. The first kappa shape index (κ1) is 9.38.